The third-order valence-corrected chi connectivity index (χ3v) is 3.63. The van der Waals surface area contributed by atoms with E-state index in [4.69, 9.17) is 10.5 Å². The van der Waals surface area contributed by atoms with Crippen molar-refractivity contribution in [2.45, 2.75) is 32.2 Å². The molecule has 1 aliphatic rings. The summed E-state index contributed by atoms with van der Waals surface area (Å²) >= 11 is 0. The lowest BCUT2D eigenvalue weighted by Crippen LogP contribution is -2.48. The minimum absolute atomic E-state index is 0.000864. The van der Waals surface area contributed by atoms with Crippen molar-refractivity contribution in [3.05, 3.63) is 0 Å². The highest BCUT2D eigenvalue weighted by molar-refractivity contribution is 5.79. The minimum Gasteiger partial charge on any atom is -0.383 e. The van der Waals surface area contributed by atoms with Gasteiger partial charge in [0, 0.05) is 39.2 Å². The van der Waals surface area contributed by atoms with Crippen LogP contribution in [0.25, 0.3) is 0 Å². The number of ether oxygens (including phenoxy) is 1. The predicted octanol–water partition coefficient (Wildman–Crippen LogP) is -0.275. The molecule has 0 saturated carbocycles. The number of nitrogens with one attached hydrogen (secondary N) is 1. The van der Waals surface area contributed by atoms with E-state index in [-0.39, 0.29) is 17.7 Å². The van der Waals surface area contributed by atoms with Gasteiger partial charge in [0.1, 0.15) is 0 Å². The number of hydrogen-bond acceptors (Lipinski definition) is 4. The maximum atomic E-state index is 12.0. The van der Waals surface area contributed by atoms with Crippen LogP contribution in [0.1, 0.15) is 26.2 Å². The van der Waals surface area contributed by atoms with E-state index in [2.05, 4.69) is 17.1 Å². The Hall–Kier alpha value is -1.14. The van der Waals surface area contributed by atoms with E-state index in [0.29, 0.717) is 38.7 Å². The van der Waals surface area contributed by atoms with Gasteiger partial charge in [-0.15, -0.1) is 0 Å². The number of hydrogen-bond donors (Lipinski definition) is 2. The predicted molar refractivity (Wildman–Crippen MR) is 72.5 cm³/mol. The first-order valence-corrected chi connectivity index (χ1v) is 6.83. The molecule has 1 rings (SSSR count). The summed E-state index contributed by atoms with van der Waals surface area (Å²) in [6, 6.07) is 0.405. The van der Waals surface area contributed by atoms with Crippen LogP contribution < -0.4 is 11.1 Å². The van der Waals surface area contributed by atoms with Gasteiger partial charge in [0.05, 0.1) is 12.5 Å². The van der Waals surface area contributed by atoms with E-state index in [1.807, 2.05) is 0 Å². The van der Waals surface area contributed by atoms with Crippen LogP contribution in [0.5, 0.6) is 0 Å². The molecule has 3 N–H and O–H groups in total. The SMILES string of the molecule is COCCNC(=O)C1CCC(C)N(CCC(N)=O)C1. The monoisotopic (exact) mass is 271 g/mol. The normalized spacial score (nSPS) is 24.1. The van der Waals surface area contributed by atoms with Gasteiger partial charge in [-0.1, -0.05) is 0 Å². The third-order valence-electron chi connectivity index (χ3n) is 3.63. The Kier molecular flexibility index (Phi) is 6.80. The molecule has 1 heterocycles. The van der Waals surface area contributed by atoms with Crippen LogP contribution in [-0.2, 0) is 14.3 Å². The number of nitrogens with two attached hydrogens (primary N) is 1. The van der Waals surface area contributed by atoms with Crippen LogP contribution in [-0.4, -0.2) is 56.1 Å². The van der Waals surface area contributed by atoms with Gasteiger partial charge in [0.15, 0.2) is 0 Å². The van der Waals surface area contributed by atoms with Gasteiger partial charge >= 0.3 is 0 Å². The van der Waals surface area contributed by atoms with Crippen molar-refractivity contribution >= 4 is 11.8 Å². The van der Waals surface area contributed by atoms with Gasteiger partial charge in [-0.2, -0.15) is 0 Å². The van der Waals surface area contributed by atoms with Crippen molar-refractivity contribution in [1.82, 2.24) is 10.2 Å². The van der Waals surface area contributed by atoms with Gasteiger partial charge in [-0.25, -0.2) is 0 Å². The van der Waals surface area contributed by atoms with Crippen molar-refractivity contribution in [3.63, 3.8) is 0 Å². The first-order valence-electron chi connectivity index (χ1n) is 6.83. The second-order valence-corrected chi connectivity index (χ2v) is 5.12. The van der Waals surface area contributed by atoms with Gasteiger partial charge in [0.2, 0.25) is 11.8 Å². The van der Waals surface area contributed by atoms with E-state index in [9.17, 15) is 9.59 Å². The molecule has 0 radical (unpaired) electrons. The number of nitrogens with zero attached hydrogens (tertiary/aromatic N) is 1. The standard InChI is InChI=1S/C13H25N3O3/c1-10-3-4-11(13(18)15-6-8-19-2)9-16(10)7-5-12(14)17/h10-11H,3-9H2,1-2H3,(H2,14,17)(H,15,18). The van der Waals surface area contributed by atoms with E-state index < -0.39 is 0 Å². The molecule has 2 unspecified atom stereocenters. The first-order chi connectivity index (χ1) is 9.04. The zero-order valence-corrected chi connectivity index (χ0v) is 11.9. The van der Waals surface area contributed by atoms with Crippen LogP contribution in [0.3, 0.4) is 0 Å². The summed E-state index contributed by atoms with van der Waals surface area (Å²) in [5, 5.41) is 2.87. The average molecular weight is 271 g/mol. The van der Waals surface area contributed by atoms with Gasteiger partial charge < -0.3 is 15.8 Å². The molecule has 110 valence electrons. The number of primary amides is 1. The minimum atomic E-state index is -0.293. The summed E-state index contributed by atoms with van der Waals surface area (Å²) in [5.74, 6) is -0.215. The lowest BCUT2D eigenvalue weighted by molar-refractivity contribution is -0.127. The molecule has 1 aliphatic heterocycles. The number of likely N-dealkylation sites (tertiary alicyclic amines) is 1. The molecule has 0 bridgehead atoms. The molecular weight excluding hydrogens is 246 g/mol. The van der Waals surface area contributed by atoms with Crippen LogP contribution in [0, 0.1) is 5.92 Å². The summed E-state index contributed by atoms with van der Waals surface area (Å²) in [5.41, 5.74) is 5.17. The highest BCUT2D eigenvalue weighted by Crippen LogP contribution is 2.22. The maximum absolute atomic E-state index is 12.0. The van der Waals surface area contributed by atoms with Crippen molar-refractivity contribution in [2.24, 2.45) is 11.7 Å². The third kappa shape index (κ3) is 5.57. The average Bonchev–Trinajstić information content (AvgIpc) is 2.37. The summed E-state index contributed by atoms with van der Waals surface area (Å²) in [6.45, 7) is 4.54. The van der Waals surface area contributed by atoms with E-state index in [0.717, 1.165) is 12.8 Å². The number of carbonyl (C=O) groups excluding carboxylic acids is 2. The molecule has 1 saturated heterocycles. The topological polar surface area (TPSA) is 84.7 Å². The largest absolute Gasteiger partial charge is 0.383 e. The van der Waals surface area contributed by atoms with Crippen molar-refractivity contribution in [2.75, 3.05) is 33.4 Å². The van der Waals surface area contributed by atoms with Crippen molar-refractivity contribution < 1.29 is 14.3 Å². The lowest BCUT2D eigenvalue weighted by atomic mass is 9.92. The van der Waals surface area contributed by atoms with Crippen molar-refractivity contribution in [3.8, 4) is 0 Å². The van der Waals surface area contributed by atoms with Crippen LogP contribution in [0.2, 0.25) is 0 Å². The van der Waals surface area contributed by atoms with Crippen LogP contribution in [0.15, 0.2) is 0 Å². The molecule has 2 atom stereocenters. The molecular formula is C13H25N3O3. The highest BCUT2D eigenvalue weighted by atomic mass is 16.5. The highest BCUT2D eigenvalue weighted by Gasteiger charge is 2.29. The number of amides is 2. The molecule has 0 aromatic rings. The van der Waals surface area contributed by atoms with E-state index >= 15 is 0 Å². The molecule has 6 nitrogen and oxygen atoms in total. The zero-order valence-electron chi connectivity index (χ0n) is 11.9. The van der Waals surface area contributed by atoms with E-state index in [1.54, 1.807) is 7.11 Å². The lowest BCUT2D eigenvalue weighted by Gasteiger charge is -2.37. The Balaban J connectivity index is 2.39. The Bertz CT molecular complexity index is 310. The molecule has 19 heavy (non-hydrogen) atoms. The quantitative estimate of drug-likeness (QED) is 0.624. The Morgan fingerprint density at radius 2 is 2.16 bits per heavy atom. The molecule has 0 aromatic heterocycles. The maximum Gasteiger partial charge on any atom is 0.224 e. The van der Waals surface area contributed by atoms with Crippen molar-refractivity contribution in [1.29, 1.82) is 0 Å². The molecule has 0 spiro atoms. The van der Waals surface area contributed by atoms with Crippen LogP contribution >= 0.6 is 0 Å². The Morgan fingerprint density at radius 3 is 2.79 bits per heavy atom. The summed E-state index contributed by atoms with van der Waals surface area (Å²) in [4.78, 5) is 25.0. The fourth-order valence-electron chi connectivity index (χ4n) is 2.38. The summed E-state index contributed by atoms with van der Waals surface area (Å²) in [7, 11) is 1.61. The Morgan fingerprint density at radius 1 is 1.42 bits per heavy atom. The fraction of sp³-hybridized carbons (Fsp3) is 0.846. The second kappa shape index (κ2) is 8.12. The van der Waals surface area contributed by atoms with Gasteiger partial charge in [0.25, 0.3) is 0 Å². The van der Waals surface area contributed by atoms with Gasteiger partial charge in [-0.05, 0) is 19.8 Å². The molecule has 6 heteroatoms. The van der Waals surface area contributed by atoms with Gasteiger partial charge in [-0.3, -0.25) is 14.5 Å². The number of carbonyl (C=O) groups is 2. The summed E-state index contributed by atoms with van der Waals surface area (Å²) in [6.07, 6.45) is 2.22. The number of rotatable bonds is 7. The first kappa shape index (κ1) is 15.9. The van der Waals surface area contributed by atoms with Crippen LogP contribution in [0.4, 0.5) is 0 Å². The molecule has 0 aliphatic carbocycles. The van der Waals surface area contributed by atoms with E-state index in [1.165, 1.54) is 0 Å². The molecule has 0 aromatic carbocycles. The zero-order chi connectivity index (χ0) is 14.3. The second-order valence-electron chi connectivity index (χ2n) is 5.12. The molecule has 2 amide bonds. The Labute approximate surface area is 114 Å². The fourth-order valence-corrected chi connectivity index (χ4v) is 2.38. The summed E-state index contributed by atoms with van der Waals surface area (Å²) < 4.78 is 4.91. The molecule has 1 fully saturated rings. The number of methoxy groups -OCH3 is 1. The number of piperidine rings is 1. The smallest absolute Gasteiger partial charge is 0.224 e.